The molecule has 1 aliphatic rings. The van der Waals surface area contributed by atoms with E-state index in [2.05, 4.69) is 12.2 Å². The molecule has 0 aromatic rings. The normalized spacial score (nSPS) is 42.9. The highest BCUT2D eigenvalue weighted by molar-refractivity contribution is 4.82. The predicted octanol–water partition coefficient (Wildman–Crippen LogP) is 0.757. The van der Waals surface area contributed by atoms with Crippen LogP contribution in [0.1, 0.15) is 26.7 Å². The van der Waals surface area contributed by atoms with Gasteiger partial charge in [-0.05, 0) is 38.8 Å². The van der Waals surface area contributed by atoms with Crippen LogP contribution in [0, 0.1) is 5.92 Å². The van der Waals surface area contributed by atoms with Crippen molar-refractivity contribution in [2.24, 2.45) is 5.92 Å². The summed E-state index contributed by atoms with van der Waals surface area (Å²) in [7, 11) is 0. The molecule has 1 aliphatic heterocycles. The third kappa shape index (κ3) is 1.70. The van der Waals surface area contributed by atoms with Gasteiger partial charge < -0.3 is 10.4 Å². The molecule has 1 heterocycles. The molecule has 0 aromatic heterocycles. The lowest BCUT2D eigenvalue weighted by Gasteiger charge is -2.27. The molecule has 1 rings (SSSR count). The summed E-state index contributed by atoms with van der Waals surface area (Å²) in [5.41, 5.74) is -0.441. The SMILES string of the molecule is C[C@H]1CCNCC[C@]1(C)O. The Bertz CT molecular complexity index is 112. The van der Waals surface area contributed by atoms with Crippen molar-refractivity contribution in [3.8, 4) is 0 Å². The minimum absolute atomic E-state index is 0.433. The summed E-state index contributed by atoms with van der Waals surface area (Å²) in [6.45, 7) is 6.06. The van der Waals surface area contributed by atoms with Gasteiger partial charge in [-0.15, -0.1) is 0 Å². The number of hydrogen-bond acceptors (Lipinski definition) is 2. The Hall–Kier alpha value is -0.0800. The predicted molar refractivity (Wildman–Crippen MR) is 41.9 cm³/mol. The molecule has 10 heavy (non-hydrogen) atoms. The average molecular weight is 143 g/mol. The Kier molecular flexibility index (Phi) is 2.32. The van der Waals surface area contributed by atoms with Crippen LogP contribution >= 0.6 is 0 Å². The van der Waals surface area contributed by atoms with Crippen LogP contribution in [-0.2, 0) is 0 Å². The molecule has 60 valence electrons. The van der Waals surface area contributed by atoms with Gasteiger partial charge in [-0.3, -0.25) is 0 Å². The van der Waals surface area contributed by atoms with Crippen molar-refractivity contribution in [2.45, 2.75) is 32.3 Å². The maximum Gasteiger partial charge on any atom is 0.0657 e. The Morgan fingerprint density at radius 1 is 1.50 bits per heavy atom. The minimum atomic E-state index is -0.441. The first-order valence-electron chi connectivity index (χ1n) is 4.06. The molecule has 0 aliphatic carbocycles. The zero-order valence-electron chi connectivity index (χ0n) is 6.85. The molecule has 0 aromatic carbocycles. The standard InChI is InChI=1S/C8H17NO/c1-7-3-5-9-6-4-8(7,2)10/h7,9-10H,3-6H2,1-2H3/t7-,8-/m0/s1. The summed E-state index contributed by atoms with van der Waals surface area (Å²) in [5.74, 6) is 0.433. The molecule has 1 fully saturated rings. The molecule has 2 atom stereocenters. The van der Waals surface area contributed by atoms with Crippen LogP contribution in [0.15, 0.2) is 0 Å². The highest BCUT2D eigenvalue weighted by Gasteiger charge is 2.28. The molecule has 0 spiro atoms. The first kappa shape index (κ1) is 8.02. The van der Waals surface area contributed by atoms with E-state index >= 15 is 0 Å². The van der Waals surface area contributed by atoms with Gasteiger partial charge in [0, 0.05) is 0 Å². The molecule has 0 radical (unpaired) electrons. The number of hydrogen-bond donors (Lipinski definition) is 2. The van der Waals surface area contributed by atoms with Crippen LogP contribution in [0.25, 0.3) is 0 Å². The van der Waals surface area contributed by atoms with Gasteiger partial charge in [-0.25, -0.2) is 0 Å². The third-order valence-electron chi connectivity index (χ3n) is 2.62. The fourth-order valence-corrected chi connectivity index (χ4v) is 1.34. The number of rotatable bonds is 0. The Labute approximate surface area is 62.6 Å². The molecular weight excluding hydrogens is 126 g/mol. The summed E-state index contributed by atoms with van der Waals surface area (Å²) in [6, 6.07) is 0. The van der Waals surface area contributed by atoms with Crippen LogP contribution in [0.2, 0.25) is 0 Å². The second-order valence-electron chi connectivity index (χ2n) is 3.55. The Balaban J connectivity index is 2.52. The molecule has 2 heteroatoms. The first-order chi connectivity index (χ1) is 4.63. The van der Waals surface area contributed by atoms with Crippen molar-refractivity contribution in [1.82, 2.24) is 5.32 Å². The van der Waals surface area contributed by atoms with Crippen LogP contribution < -0.4 is 5.32 Å². The summed E-state index contributed by atoms with van der Waals surface area (Å²) in [5, 5.41) is 13.1. The van der Waals surface area contributed by atoms with Gasteiger partial charge in [-0.2, -0.15) is 0 Å². The average Bonchev–Trinajstić information content (AvgIpc) is 1.96. The van der Waals surface area contributed by atoms with Gasteiger partial charge in [0.1, 0.15) is 0 Å². The van der Waals surface area contributed by atoms with Crippen LogP contribution in [0.4, 0.5) is 0 Å². The van der Waals surface area contributed by atoms with E-state index < -0.39 is 5.60 Å². The largest absolute Gasteiger partial charge is 0.390 e. The monoisotopic (exact) mass is 143 g/mol. The number of aliphatic hydroxyl groups is 1. The molecule has 0 saturated carbocycles. The van der Waals surface area contributed by atoms with Crippen LogP contribution in [0.5, 0.6) is 0 Å². The molecule has 1 saturated heterocycles. The lowest BCUT2D eigenvalue weighted by atomic mass is 9.87. The van der Waals surface area contributed by atoms with Crippen molar-refractivity contribution < 1.29 is 5.11 Å². The maximum absolute atomic E-state index is 9.78. The summed E-state index contributed by atoms with van der Waals surface area (Å²) < 4.78 is 0. The molecule has 0 amide bonds. The van der Waals surface area contributed by atoms with Gasteiger partial charge >= 0.3 is 0 Å². The summed E-state index contributed by atoms with van der Waals surface area (Å²) in [4.78, 5) is 0. The zero-order chi connectivity index (χ0) is 7.61. The molecule has 0 bridgehead atoms. The van der Waals surface area contributed by atoms with E-state index in [-0.39, 0.29) is 0 Å². The van der Waals surface area contributed by atoms with Gasteiger partial charge in [0.2, 0.25) is 0 Å². The van der Waals surface area contributed by atoms with Crippen molar-refractivity contribution in [2.75, 3.05) is 13.1 Å². The highest BCUT2D eigenvalue weighted by atomic mass is 16.3. The summed E-state index contributed by atoms with van der Waals surface area (Å²) >= 11 is 0. The van der Waals surface area contributed by atoms with E-state index in [1.165, 1.54) is 0 Å². The Morgan fingerprint density at radius 3 is 2.90 bits per heavy atom. The van der Waals surface area contributed by atoms with Gasteiger partial charge in [0.15, 0.2) is 0 Å². The van der Waals surface area contributed by atoms with Crippen molar-refractivity contribution in [3.05, 3.63) is 0 Å². The Morgan fingerprint density at radius 2 is 2.20 bits per heavy atom. The second-order valence-corrected chi connectivity index (χ2v) is 3.55. The van der Waals surface area contributed by atoms with E-state index in [9.17, 15) is 5.11 Å². The number of nitrogens with one attached hydrogen (secondary N) is 1. The molecule has 2 N–H and O–H groups in total. The second kappa shape index (κ2) is 2.89. The fraction of sp³-hybridized carbons (Fsp3) is 1.00. The lowest BCUT2D eigenvalue weighted by molar-refractivity contribution is 0.00377. The van der Waals surface area contributed by atoms with E-state index in [0.717, 1.165) is 25.9 Å². The van der Waals surface area contributed by atoms with E-state index in [4.69, 9.17) is 0 Å². The van der Waals surface area contributed by atoms with Gasteiger partial charge in [0.25, 0.3) is 0 Å². The first-order valence-corrected chi connectivity index (χ1v) is 4.06. The lowest BCUT2D eigenvalue weighted by Crippen LogP contribution is -2.32. The van der Waals surface area contributed by atoms with Crippen LogP contribution in [-0.4, -0.2) is 23.8 Å². The maximum atomic E-state index is 9.78. The molecular formula is C8H17NO. The van der Waals surface area contributed by atoms with E-state index in [0.29, 0.717) is 5.92 Å². The minimum Gasteiger partial charge on any atom is -0.390 e. The van der Waals surface area contributed by atoms with Crippen LogP contribution in [0.3, 0.4) is 0 Å². The van der Waals surface area contributed by atoms with Crippen molar-refractivity contribution in [1.29, 1.82) is 0 Å². The van der Waals surface area contributed by atoms with Gasteiger partial charge in [-0.1, -0.05) is 6.92 Å². The molecule has 0 unspecified atom stereocenters. The van der Waals surface area contributed by atoms with Gasteiger partial charge in [0.05, 0.1) is 5.60 Å². The van der Waals surface area contributed by atoms with E-state index in [1.807, 2.05) is 6.92 Å². The smallest absolute Gasteiger partial charge is 0.0657 e. The molecule has 2 nitrogen and oxygen atoms in total. The van der Waals surface area contributed by atoms with Crippen molar-refractivity contribution >= 4 is 0 Å². The van der Waals surface area contributed by atoms with E-state index in [1.54, 1.807) is 0 Å². The third-order valence-corrected chi connectivity index (χ3v) is 2.62. The van der Waals surface area contributed by atoms with Crippen molar-refractivity contribution in [3.63, 3.8) is 0 Å². The summed E-state index contributed by atoms with van der Waals surface area (Å²) in [6.07, 6.45) is 1.97. The fourth-order valence-electron chi connectivity index (χ4n) is 1.34. The zero-order valence-corrected chi connectivity index (χ0v) is 6.85. The topological polar surface area (TPSA) is 32.3 Å². The highest BCUT2D eigenvalue weighted by Crippen LogP contribution is 2.24. The quantitative estimate of drug-likeness (QED) is 0.524.